The predicted octanol–water partition coefficient (Wildman–Crippen LogP) is 2.33. The molecule has 1 aliphatic heterocycles. The first-order valence-corrected chi connectivity index (χ1v) is 8.27. The van der Waals surface area contributed by atoms with E-state index in [9.17, 15) is 0 Å². The van der Waals surface area contributed by atoms with Crippen molar-refractivity contribution in [2.24, 2.45) is 0 Å². The highest BCUT2D eigenvalue weighted by Crippen LogP contribution is 2.31. The second kappa shape index (κ2) is 6.80. The van der Waals surface area contributed by atoms with Gasteiger partial charge in [0, 0.05) is 25.0 Å². The Labute approximate surface area is 145 Å². The number of ether oxygens (including phenoxy) is 2. The molecule has 0 fully saturated rings. The molecule has 1 aliphatic rings. The van der Waals surface area contributed by atoms with Gasteiger partial charge in [-0.05, 0) is 19.1 Å². The van der Waals surface area contributed by atoms with Gasteiger partial charge >= 0.3 is 0 Å². The van der Waals surface area contributed by atoms with Gasteiger partial charge in [0.15, 0.2) is 17.6 Å². The number of fused-ring (bicyclic) bond motifs is 1. The Hall–Kier alpha value is -3.09. The molecule has 128 valence electrons. The Balaban J connectivity index is 1.51. The van der Waals surface area contributed by atoms with Crippen LogP contribution in [0.2, 0.25) is 0 Å². The molecule has 0 spiro atoms. The van der Waals surface area contributed by atoms with E-state index in [-0.39, 0.29) is 6.10 Å². The summed E-state index contributed by atoms with van der Waals surface area (Å²) in [5.74, 6) is 3.22. The highest BCUT2D eigenvalue weighted by atomic mass is 16.6. The van der Waals surface area contributed by atoms with Crippen molar-refractivity contribution in [3.63, 3.8) is 0 Å². The largest absolute Gasteiger partial charge is 0.486 e. The summed E-state index contributed by atoms with van der Waals surface area (Å²) in [5.41, 5.74) is 0. The van der Waals surface area contributed by atoms with Gasteiger partial charge < -0.3 is 14.4 Å². The Morgan fingerprint density at radius 2 is 2.12 bits per heavy atom. The van der Waals surface area contributed by atoms with E-state index in [1.54, 1.807) is 18.9 Å². The first-order chi connectivity index (χ1) is 12.3. The Morgan fingerprint density at radius 1 is 1.24 bits per heavy atom. The summed E-state index contributed by atoms with van der Waals surface area (Å²) >= 11 is 0. The molecular formula is C18H19N5O2. The zero-order chi connectivity index (χ0) is 17.1. The van der Waals surface area contributed by atoms with Crippen LogP contribution in [-0.2, 0) is 0 Å². The van der Waals surface area contributed by atoms with E-state index in [1.807, 2.05) is 41.1 Å². The minimum absolute atomic E-state index is 0.0542. The lowest BCUT2D eigenvalue weighted by Gasteiger charge is -2.31. The molecule has 0 aliphatic carbocycles. The molecule has 0 saturated heterocycles. The lowest BCUT2D eigenvalue weighted by molar-refractivity contribution is 0.0953. The van der Waals surface area contributed by atoms with Crippen LogP contribution in [0.25, 0.3) is 5.82 Å². The topological polar surface area (TPSA) is 65.3 Å². The van der Waals surface area contributed by atoms with E-state index in [2.05, 4.69) is 26.8 Å². The fourth-order valence-electron chi connectivity index (χ4n) is 2.83. The third-order valence-corrected chi connectivity index (χ3v) is 4.10. The van der Waals surface area contributed by atoms with Crippen LogP contribution in [0.5, 0.6) is 11.5 Å². The summed E-state index contributed by atoms with van der Waals surface area (Å²) in [6.45, 7) is 4.11. The summed E-state index contributed by atoms with van der Waals surface area (Å²) in [6.07, 6.45) is 6.82. The van der Waals surface area contributed by atoms with Crippen molar-refractivity contribution in [2.75, 3.05) is 24.6 Å². The van der Waals surface area contributed by atoms with E-state index in [0.29, 0.717) is 13.2 Å². The van der Waals surface area contributed by atoms with Crippen molar-refractivity contribution in [1.29, 1.82) is 0 Å². The van der Waals surface area contributed by atoms with Gasteiger partial charge in [-0.1, -0.05) is 12.1 Å². The SMILES string of the molecule is CCN(C[C@H]1COc2ccccc2O1)c1cc(-n2ccnc2)ncn1. The lowest BCUT2D eigenvalue weighted by atomic mass is 10.2. The maximum absolute atomic E-state index is 6.06. The minimum atomic E-state index is -0.0542. The smallest absolute Gasteiger partial charge is 0.161 e. The molecular weight excluding hydrogens is 318 g/mol. The lowest BCUT2D eigenvalue weighted by Crippen LogP contribution is -2.41. The van der Waals surface area contributed by atoms with Crippen LogP contribution in [0, 0.1) is 0 Å². The Bertz CT molecular complexity index is 837. The van der Waals surface area contributed by atoms with E-state index < -0.39 is 0 Å². The fourth-order valence-corrected chi connectivity index (χ4v) is 2.83. The van der Waals surface area contributed by atoms with Crippen LogP contribution in [0.4, 0.5) is 5.82 Å². The molecule has 1 atom stereocenters. The standard InChI is InChI=1S/C18H19N5O2/c1-2-22(10-14-11-24-15-5-3-4-6-16(15)25-14)17-9-18(21-12-20-17)23-8-7-19-13-23/h3-9,12-14H,2,10-11H2,1H3/t14-/m0/s1. The molecule has 0 radical (unpaired) electrons. The monoisotopic (exact) mass is 337 g/mol. The quantitative estimate of drug-likeness (QED) is 0.712. The zero-order valence-electron chi connectivity index (χ0n) is 13.9. The van der Waals surface area contributed by atoms with Gasteiger partial charge in [-0.25, -0.2) is 15.0 Å². The van der Waals surface area contributed by atoms with Crippen molar-refractivity contribution in [3.05, 3.63) is 55.4 Å². The van der Waals surface area contributed by atoms with Gasteiger partial charge in [0.2, 0.25) is 0 Å². The molecule has 0 N–H and O–H groups in total. The van der Waals surface area contributed by atoms with Gasteiger partial charge in [-0.15, -0.1) is 0 Å². The predicted molar refractivity (Wildman–Crippen MR) is 93.4 cm³/mol. The Kier molecular flexibility index (Phi) is 4.20. The van der Waals surface area contributed by atoms with Crippen LogP contribution in [-0.4, -0.2) is 45.3 Å². The first kappa shape index (κ1) is 15.4. The molecule has 25 heavy (non-hydrogen) atoms. The molecule has 3 aromatic rings. The normalized spacial score (nSPS) is 15.8. The van der Waals surface area contributed by atoms with Crippen LogP contribution in [0.3, 0.4) is 0 Å². The van der Waals surface area contributed by atoms with Gasteiger partial charge in [-0.2, -0.15) is 0 Å². The van der Waals surface area contributed by atoms with Crippen molar-refractivity contribution in [1.82, 2.24) is 19.5 Å². The average Bonchev–Trinajstić information content (AvgIpc) is 3.21. The molecule has 7 heteroatoms. The minimum Gasteiger partial charge on any atom is -0.486 e. The number of hydrogen-bond acceptors (Lipinski definition) is 6. The molecule has 0 saturated carbocycles. The molecule has 2 aromatic heterocycles. The number of aromatic nitrogens is 4. The number of likely N-dealkylation sites (N-methyl/N-ethyl adjacent to an activating group) is 1. The summed E-state index contributed by atoms with van der Waals surface area (Å²) in [4.78, 5) is 14.9. The number of anilines is 1. The molecule has 4 rings (SSSR count). The van der Waals surface area contributed by atoms with Gasteiger partial charge in [0.05, 0.1) is 6.54 Å². The third kappa shape index (κ3) is 3.26. The molecule has 3 heterocycles. The molecule has 0 bridgehead atoms. The van der Waals surface area contributed by atoms with Gasteiger partial charge in [-0.3, -0.25) is 4.57 Å². The van der Waals surface area contributed by atoms with Crippen LogP contribution in [0.15, 0.2) is 55.4 Å². The first-order valence-electron chi connectivity index (χ1n) is 8.27. The van der Waals surface area contributed by atoms with E-state index in [1.165, 1.54) is 0 Å². The van der Waals surface area contributed by atoms with Crippen molar-refractivity contribution < 1.29 is 9.47 Å². The second-order valence-electron chi connectivity index (χ2n) is 5.74. The highest BCUT2D eigenvalue weighted by Gasteiger charge is 2.23. The fraction of sp³-hybridized carbons (Fsp3) is 0.278. The number of para-hydroxylation sites is 2. The van der Waals surface area contributed by atoms with E-state index >= 15 is 0 Å². The van der Waals surface area contributed by atoms with Gasteiger partial charge in [0.1, 0.15) is 30.9 Å². The average molecular weight is 337 g/mol. The van der Waals surface area contributed by atoms with Crippen molar-refractivity contribution in [2.45, 2.75) is 13.0 Å². The van der Waals surface area contributed by atoms with E-state index in [4.69, 9.17) is 9.47 Å². The molecule has 0 unspecified atom stereocenters. The van der Waals surface area contributed by atoms with Gasteiger partial charge in [0.25, 0.3) is 0 Å². The molecule has 1 aromatic carbocycles. The number of hydrogen-bond donors (Lipinski definition) is 0. The maximum atomic E-state index is 6.06. The van der Waals surface area contributed by atoms with Crippen LogP contribution >= 0.6 is 0 Å². The number of benzene rings is 1. The maximum Gasteiger partial charge on any atom is 0.161 e. The number of nitrogens with zero attached hydrogens (tertiary/aromatic N) is 5. The van der Waals surface area contributed by atoms with E-state index in [0.717, 1.165) is 29.7 Å². The zero-order valence-corrected chi connectivity index (χ0v) is 13.9. The van der Waals surface area contributed by atoms with Crippen LogP contribution in [0.1, 0.15) is 6.92 Å². The van der Waals surface area contributed by atoms with Crippen molar-refractivity contribution in [3.8, 4) is 17.3 Å². The summed E-state index contributed by atoms with van der Waals surface area (Å²) in [5, 5.41) is 0. The number of imidazole rings is 1. The number of rotatable bonds is 5. The van der Waals surface area contributed by atoms with Crippen LogP contribution < -0.4 is 14.4 Å². The highest BCUT2D eigenvalue weighted by molar-refractivity contribution is 5.44. The summed E-state index contributed by atoms with van der Waals surface area (Å²) in [6, 6.07) is 9.69. The molecule has 7 nitrogen and oxygen atoms in total. The Morgan fingerprint density at radius 3 is 2.92 bits per heavy atom. The molecule has 0 amide bonds. The second-order valence-corrected chi connectivity index (χ2v) is 5.74. The summed E-state index contributed by atoms with van der Waals surface area (Å²) < 4.78 is 13.7. The third-order valence-electron chi connectivity index (χ3n) is 4.10. The van der Waals surface area contributed by atoms with Crippen molar-refractivity contribution >= 4 is 5.82 Å². The summed E-state index contributed by atoms with van der Waals surface area (Å²) in [7, 11) is 0.